The highest BCUT2D eigenvalue weighted by Crippen LogP contribution is 2.33. The minimum Gasteiger partial charge on any atom is -0.0801 e. The van der Waals surface area contributed by atoms with Gasteiger partial charge in [-0.15, -0.1) is 0 Å². The van der Waals surface area contributed by atoms with E-state index in [1.807, 2.05) is 0 Å². The summed E-state index contributed by atoms with van der Waals surface area (Å²) in [6.45, 7) is 0. The first kappa shape index (κ1) is 9.13. The van der Waals surface area contributed by atoms with Crippen molar-refractivity contribution in [2.45, 2.75) is 5.54 Å². The van der Waals surface area contributed by atoms with Gasteiger partial charge in [-0.2, -0.15) is 0 Å². The van der Waals surface area contributed by atoms with Crippen LogP contribution in [0.4, 0.5) is 0 Å². The summed E-state index contributed by atoms with van der Waals surface area (Å²) in [7, 11) is 1.55. The van der Waals surface area contributed by atoms with Crippen molar-refractivity contribution in [3.05, 3.63) is 53.6 Å². The van der Waals surface area contributed by atoms with Gasteiger partial charge in [-0.25, -0.2) is 0 Å². The van der Waals surface area contributed by atoms with E-state index < -0.39 is 0 Å². The molecule has 0 saturated carbocycles. The maximum Gasteiger partial charge on any atom is 0.0181 e. The molecular formula is C13H14Si2. The Kier molecular flexibility index (Phi) is 2.11. The van der Waals surface area contributed by atoms with Gasteiger partial charge in [0.1, 0.15) is 0 Å². The van der Waals surface area contributed by atoms with E-state index in [2.05, 4.69) is 48.6 Å². The highest BCUT2D eigenvalue weighted by molar-refractivity contribution is 6.90. The Morgan fingerprint density at radius 3 is 2.67 bits per heavy atom. The van der Waals surface area contributed by atoms with Crippen LogP contribution in [0.2, 0.25) is 0 Å². The van der Waals surface area contributed by atoms with E-state index in [1.165, 1.54) is 26.1 Å². The summed E-state index contributed by atoms with van der Waals surface area (Å²) in [5, 5.41) is 2.92. The third-order valence-electron chi connectivity index (χ3n) is 3.32. The van der Waals surface area contributed by atoms with Crippen LogP contribution in [0.5, 0.6) is 0 Å². The molecule has 1 aliphatic carbocycles. The lowest BCUT2D eigenvalue weighted by Crippen LogP contribution is -2.08. The first-order chi connectivity index (χ1) is 7.40. The standard InChI is InChI=1S/C13H14Si2/c14-15-12-8-7-10-4-1-3-9-5-2-6-11(12)13(9)10/h1-8,12H,15H2,14H3. The molecular weight excluding hydrogens is 212 g/mol. The van der Waals surface area contributed by atoms with Gasteiger partial charge in [0.05, 0.1) is 0 Å². The Morgan fingerprint density at radius 1 is 1.07 bits per heavy atom. The van der Waals surface area contributed by atoms with Gasteiger partial charge in [-0.1, -0.05) is 48.6 Å². The minimum atomic E-state index is 0.138. The molecule has 0 amide bonds. The first-order valence-corrected chi connectivity index (χ1v) is 12.1. The number of allylic oxidation sites excluding steroid dienone is 1. The normalized spacial score (nSPS) is 19.3. The smallest absolute Gasteiger partial charge is 0.0181 e. The number of hydrogen-bond donors (Lipinski definition) is 0. The highest BCUT2D eigenvalue weighted by Gasteiger charge is 2.15. The zero-order valence-electron chi connectivity index (χ0n) is 8.90. The molecule has 0 spiro atoms. The van der Waals surface area contributed by atoms with Gasteiger partial charge in [0.25, 0.3) is 0 Å². The lowest BCUT2D eigenvalue weighted by Gasteiger charge is -2.19. The second-order valence-corrected chi connectivity index (χ2v) is 8.31. The van der Waals surface area contributed by atoms with E-state index in [0.29, 0.717) is 0 Å². The number of rotatable bonds is 1. The second-order valence-electron chi connectivity index (χ2n) is 4.17. The van der Waals surface area contributed by atoms with Crippen molar-refractivity contribution >= 4 is 35.6 Å². The largest absolute Gasteiger partial charge is 0.0801 e. The lowest BCUT2D eigenvalue weighted by molar-refractivity contribution is 1.22. The molecule has 2 aromatic carbocycles. The molecule has 1 aliphatic rings. The molecule has 0 nitrogen and oxygen atoms in total. The Labute approximate surface area is 95.0 Å². The summed E-state index contributed by atoms with van der Waals surface area (Å²) < 4.78 is 0. The molecule has 1 atom stereocenters. The van der Waals surface area contributed by atoms with Gasteiger partial charge in [-0.3, -0.25) is 0 Å². The van der Waals surface area contributed by atoms with Crippen LogP contribution in [0.1, 0.15) is 16.7 Å². The third-order valence-corrected chi connectivity index (χ3v) is 7.55. The van der Waals surface area contributed by atoms with Gasteiger partial charge >= 0.3 is 0 Å². The fourth-order valence-corrected chi connectivity index (χ4v) is 5.85. The molecule has 2 aromatic rings. The van der Waals surface area contributed by atoms with Crippen molar-refractivity contribution in [3.63, 3.8) is 0 Å². The summed E-state index contributed by atoms with van der Waals surface area (Å²) in [6, 6.07) is 13.4. The van der Waals surface area contributed by atoms with Crippen LogP contribution in [0.15, 0.2) is 42.5 Å². The van der Waals surface area contributed by atoms with Crippen LogP contribution in [0.3, 0.4) is 0 Å². The molecule has 0 heterocycles. The molecule has 0 bridgehead atoms. The maximum absolute atomic E-state index is 2.43. The molecule has 15 heavy (non-hydrogen) atoms. The van der Waals surface area contributed by atoms with Gasteiger partial charge in [0.15, 0.2) is 0 Å². The van der Waals surface area contributed by atoms with Crippen LogP contribution in [-0.4, -0.2) is 18.8 Å². The van der Waals surface area contributed by atoms with Gasteiger partial charge in [0.2, 0.25) is 0 Å². The van der Waals surface area contributed by atoms with Crippen LogP contribution >= 0.6 is 0 Å². The van der Waals surface area contributed by atoms with E-state index in [9.17, 15) is 0 Å². The second kappa shape index (κ2) is 3.47. The Morgan fingerprint density at radius 2 is 1.87 bits per heavy atom. The van der Waals surface area contributed by atoms with Crippen LogP contribution < -0.4 is 0 Å². The van der Waals surface area contributed by atoms with Crippen molar-refractivity contribution in [3.8, 4) is 0 Å². The third kappa shape index (κ3) is 1.33. The molecule has 0 N–H and O–H groups in total. The Balaban J connectivity index is 2.41. The zero-order valence-corrected chi connectivity index (χ0v) is 12.3. The van der Waals surface area contributed by atoms with Crippen molar-refractivity contribution in [2.75, 3.05) is 0 Å². The molecule has 2 heteroatoms. The topological polar surface area (TPSA) is 0 Å². The maximum atomic E-state index is 2.43. The number of hydrogen-bond acceptors (Lipinski definition) is 0. The van der Waals surface area contributed by atoms with Gasteiger partial charge < -0.3 is 0 Å². The Bertz CT molecular complexity index is 538. The summed E-state index contributed by atoms with van der Waals surface area (Å²) in [5.41, 5.74) is 3.80. The molecule has 0 aromatic heterocycles. The van der Waals surface area contributed by atoms with Crippen molar-refractivity contribution in [1.82, 2.24) is 0 Å². The van der Waals surface area contributed by atoms with E-state index in [0.717, 1.165) is 5.54 Å². The fraction of sp³-hybridized carbons (Fsp3) is 0.0769. The average molecular weight is 226 g/mol. The molecule has 1 unspecified atom stereocenters. The average Bonchev–Trinajstić information content (AvgIpc) is 2.30. The number of benzene rings is 2. The molecule has 0 fully saturated rings. The van der Waals surface area contributed by atoms with E-state index in [4.69, 9.17) is 0 Å². The van der Waals surface area contributed by atoms with Crippen molar-refractivity contribution in [2.24, 2.45) is 0 Å². The van der Waals surface area contributed by atoms with E-state index >= 15 is 0 Å². The predicted octanol–water partition coefficient (Wildman–Crippen LogP) is 1.36. The molecule has 0 saturated heterocycles. The van der Waals surface area contributed by atoms with Gasteiger partial charge in [-0.05, 0) is 37.2 Å². The molecule has 0 aliphatic heterocycles. The van der Waals surface area contributed by atoms with Crippen molar-refractivity contribution in [1.29, 1.82) is 0 Å². The summed E-state index contributed by atoms with van der Waals surface area (Å²) >= 11 is 0. The van der Waals surface area contributed by atoms with E-state index in [1.54, 1.807) is 5.56 Å². The first-order valence-electron chi connectivity index (χ1n) is 5.60. The lowest BCUT2D eigenvalue weighted by atomic mass is 9.93. The van der Waals surface area contributed by atoms with Crippen molar-refractivity contribution < 1.29 is 0 Å². The summed E-state index contributed by atoms with van der Waals surface area (Å²) in [4.78, 5) is 0. The van der Waals surface area contributed by atoms with Crippen LogP contribution in [0.25, 0.3) is 16.8 Å². The predicted molar refractivity (Wildman–Crippen MR) is 74.2 cm³/mol. The minimum absolute atomic E-state index is 0.138. The van der Waals surface area contributed by atoms with Crippen LogP contribution in [-0.2, 0) is 0 Å². The quantitative estimate of drug-likeness (QED) is 0.644. The highest BCUT2D eigenvalue weighted by atomic mass is 29.1. The van der Waals surface area contributed by atoms with Crippen LogP contribution in [0, 0.1) is 0 Å². The van der Waals surface area contributed by atoms with Gasteiger partial charge in [0, 0.05) is 9.04 Å². The zero-order chi connectivity index (χ0) is 10.3. The Hall–Kier alpha value is -1.13. The molecule has 0 radical (unpaired) electrons. The fourth-order valence-electron chi connectivity index (χ4n) is 2.53. The monoisotopic (exact) mass is 226 g/mol. The van der Waals surface area contributed by atoms with E-state index in [-0.39, 0.29) is 9.04 Å². The summed E-state index contributed by atoms with van der Waals surface area (Å²) in [6.07, 6.45) is 4.75. The SMILES string of the molecule is [SiH3][SiH2]C1C=Cc2cccc3cccc1c23. The summed E-state index contributed by atoms with van der Waals surface area (Å²) in [5.74, 6) is 0. The molecule has 3 rings (SSSR count). The molecule has 74 valence electrons.